The van der Waals surface area contributed by atoms with Crippen molar-refractivity contribution >= 4 is 34.5 Å². The largest absolute Gasteiger partial charge is 0.319 e. The molecule has 82 valence electrons. The lowest BCUT2D eigenvalue weighted by molar-refractivity contribution is 0.102. The normalized spacial score (nSPS) is 10.1. The van der Waals surface area contributed by atoms with Gasteiger partial charge in [0.15, 0.2) is 5.82 Å². The van der Waals surface area contributed by atoms with Crippen molar-refractivity contribution in [3.63, 3.8) is 0 Å². The molecule has 0 saturated heterocycles. The molecule has 0 bridgehead atoms. The van der Waals surface area contributed by atoms with E-state index in [1.165, 1.54) is 23.5 Å². The van der Waals surface area contributed by atoms with Gasteiger partial charge in [0.25, 0.3) is 5.91 Å². The summed E-state index contributed by atoms with van der Waals surface area (Å²) < 4.78 is 13.5. The maximum Gasteiger partial charge on any atom is 0.256 e. The number of hydrogen-bond acceptors (Lipinski definition) is 2. The van der Waals surface area contributed by atoms with Crippen LogP contribution in [0.15, 0.2) is 35.0 Å². The van der Waals surface area contributed by atoms with Crippen molar-refractivity contribution < 1.29 is 9.18 Å². The number of amides is 1. The van der Waals surface area contributed by atoms with E-state index >= 15 is 0 Å². The summed E-state index contributed by atoms with van der Waals surface area (Å²) in [7, 11) is 0. The molecule has 2 rings (SSSR count). The molecule has 0 aliphatic rings. The molecular weight excluding hydrogens is 249 g/mol. The molecule has 0 atom stereocenters. The van der Waals surface area contributed by atoms with Crippen molar-refractivity contribution in [2.75, 3.05) is 5.32 Å². The van der Waals surface area contributed by atoms with Crippen LogP contribution in [0, 0.1) is 5.82 Å². The summed E-state index contributed by atoms with van der Waals surface area (Å²) in [5.74, 6) is -0.963. The first-order valence-corrected chi connectivity index (χ1v) is 5.78. The maximum atomic E-state index is 13.5. The van der Waals surface area contributed by atoms with Crippen LogP contribution in [0.1, 0.15) is 10.4 Å². The van der Waals surface area contributed by atoms with Gasteiger partial charge in [-0.15, -0.1) is 0 Å². The van der Waals surface area contributed by atoms with Gasteiger partial charge in [0.2, 0.25) is 0 Å². The van der Waals surface area contributed by atoms with E-state index in [4.69, 9.17) is 11.6 Å². The third-order valence-electron chi connectivity index (χ3n) is 1.98. The monoisotopic (exact) mass is 255 g/mol. The van der Waals surface area contributed by atoms with Crippen molar-refractivity contribution in [1.29, 1.82) is 0 Å². The first kappa shape index (κ1) is 11.1. The number of nitrogens with one attached hydrogen (secondary N) is 1. The van der Waals surface area contributed by atoms with Crippen molar-refractivity contribution in [3.05, 3.63) is 51.4 Å². The Bertz CT molecular complexity index is 513. The first-order valence-electron chi connectivity index (χ1n) is 4.46. The molecule has 0 unspecified atom stereocenters. The van der Waals surface area contributed by atoms with E-state index in [9.17, 15) is 9.18 Å². The zero-order valence-corrected chi connectivity index (χ0v) is 9.61. The smallest absolute Gasteiger partial charge is 0.256 e. The minimum absolute atomic E-state index is 0.0110. The highest BCUT2D eigenvalue weighted by Crippen LogP contribution is 2.22. The number of benzene rings is 1. The van der Waals surface area contributed by atoms with Gasteiger partial charge in [0.1, 0.15) is 0 Å². The van der Waals surface area contributed by atoms with E-state index in [1.807, 2.05) is 0 Å². The molecule has 5 heteroatoms. The first-order chi connectivity index (χ1) is 7.68. The van der Waals surface area contributed by atoms with Crippen molar-refractivity contribution in [3.8, 4) is 0 Å². The zero-order valence-electron chi connectivity index (χ0n) is 8.04. The van der Waals surface area contributed by atoms with E-state index in [2.05, 4.69) is 5.32 Å². The fraction of sp³-hybridized carbons (Fsp3) is 0. The molecule has 1 aromatic heterocycles. The van der Waals surface area contributed by atoms with E-state index in [-0.39, 0.29) is 16.6 Å². The second-order valence-corrected chi connectivity index (χ2v) is 4.25. The van der Waals surface area contributed by atoms with E-state index in [0.29, 0.717) is 5.56 Å². The molecule has 0 saturated carbocycles. The average molecular weight is 256 g/mol. The predicted octanol–water partition coefficient (Wildman–Crippen LogP) is 3.79. The molecule has 0 radical (unpaired) electrons. The number of carbonyl (C=O) groups excluding carboxylic acids is 1. The summed E-state index contributed by atoms with van der Waals surface area (Å²) in [6, 6.07) is 6.14. The van der Waals surface area contributed by atoms with Crippen molar-refractivity contribution in [2.24, 2.45) is 0 Å². The van der Waals surface area contributed by atoms with Gasteiger partial charge in [-0.3, -0.25) is 4.79 Å². The van der Waals surface area contributed by atoms with Crippen molar-refractivity contribution in [1.82, 2.24) is 0 Å². The highest BCUT2D eigenvalue weighted by molar-refractivity contribution is 7.08. The number of carbonyl (C=O) groups is 1. The Balaban J connectivity index is 2.22. The quantitative estimate of drug-likeness (QED) is 0.869. The third-order valence-corrected chi connectivity index (χ3v) is 2.96. The van der Waals surface area contributed by atoms with Crippen LogP contribution in [-0.4, -0.2) is 5.91 Å². The number of hydrogen-bond donors (Lipinski definition) is 1. The predicted molar refractivity (Wildman–Crippen MR) is 63.7 cm³/mol. The summed E-state index contributed by atoms with van der Waals surface area (Å²) in [5.41, 5.74) is 0.591. The Labute approximate surface area is 101 Å². The Kier molecular flexibility index (Phi) is 3.22. The number of halogens is 2. The highest BCUT2D eigenvalue weighted by atomic mass is 35.5. The van der Waals surface area contributed by atoms with E-state index < -0.39 is 5.82 Å². The Hall–Kier alpha value is -1.39. The molecule has 2 nitrogen and oxygen atoms in total. The number of anilines is 1. The summed E-state index contributed by atoms with van der Waals surface area (Å²) in [4.78, 5) is 11.6. The van der Waals surface area contributed by atoms with Crippen LogP contribution in [0.3, 0.4) is 0 Å². The third kappa shape index (κ3) is 2.23. The molecular formula is C11H7ClFNOS. The van der Waals surface area contributed by atoms with Gasteiger partial charge in [-0.2, -0.15) is 11.3 Å². The Morgan fingerprint density at radius 3 is 2.88 bits per heavy atom. The summed E-state index contributed by atoms with van der Waals surface area (Å²) in [6.45, 7) is 0. The minimum Gasteiger partial charge on any atom is -0.319 e. The summed E-state index contributed by atoms with van der Waals surface area (Å²) in [6.07, 6.45) is 0. The summed E-state index contributed by atoms with van der Waals surface area (Å²) >= 11 is 7.00. The molecule has 1 amide bonds. The lowest BCUT2D eigenvalue weighted by Crippen LogP contribution is -2.12. The van der Waals surface area contributed by atoms with Gasteiger partial charge in [0.05, 0.1) is 16.3 Å². The van der Waals surface area contributed by atoms with Crippen LogP contribution in [0.4, 0.5) is 10.1 Å². The Morgan fingerprint density at radius 2 is 2.19 bits per heavy atom. The average Bonchev–Trinajstić information content (AvgIpc) is 2.78. The molecule has 1 N–H and O–H groups in total. The molecule has 16 heavy (non-hydrogen) atoms. The minimum atomic E-state index is -0.618. The summed E-state index contributed by atoms with van der Waals surface area (Å²) in [5, 5.41) is 5.92. The van der Waals surface area contributed by atoms with Gasteiger partial charge in [0, 0.05) is 5.38 Å². The van der Waals surface area contributed by atoms with Gasteiger partial charge >= 0.3 is 0 Å². The van der Waals surface area contributed by atoms with Crippen LogP contribution < -0.4 is 5.32 Å². The van der Waals surface area contributed by atoms with Crippen LogP contribution in [0.25, 0.3) is 0 Å². The van der Waals surface area contributed by atoms with Crippen molar-refractivity contribution in [2.45, 2.75) is 0 Å². The fourth-order valence-corrected chi connectivity index (χ4v) is 2.00. The second kappa shape index (κ2) is 4.63. The lowest BCUT2D eigenvalue weighted by atomic mass is 10.2. The SMILES string of the molecule is O=C(Nc1cccc(Cl)c1F)c1ccsc1. The standard InChI is InChI=1S/C11H7ClFNOS/c12-8-2-1-3-9(10(8)13)14-11(15)7-4-5-16-6-7/h1-6H,(H,14,15). The molecule has 0 fully saturated rings. The molecule has 1 heterocycles. The van der Waals surface area contributed by atoms with Gasteiger partial charge in [-0.05, 0) is 23.6 Å². The maximum absolute atomic E-state index is 13.5. The van der Waals surface area contributed by atoms with Crippen LogP contribution >= 0.6 is 22.9 Å². The Morgan fingerprint density at radius 1 is 1.38 bits per heavy atom. The van der Waals surface area contributed by atoms with Crippen LogP contribution in [0.5, 0.6) is 0 Å². The fourth-order valence-electron chi connectivity index (χ4n) is 1.19. The molecule has 2 aromatic rings. The highest BCUT2D eigenvalue weighted by Gasteiger charge is 2.11. The van der Waals surface area contributed by atoms with Crippen LogP contribution in [0.2, 0.25) is 5.02 Å². The second-order valence-electron chi connectivity index (χ2n) is 3.07. The molecule has 0 aliphatic carbocycles. The van der Waals surface area contributed by atoms with Gasteiger partial charge in [-0.1, -0.05) is 17.7 Å². The van der Waals surface area contributed by atoms with Crippen LogP contribution in [-0.2, 0) is 0 Å². The van der Waals surface area contributed by atoms with E-state index in [0.717, 1.165) is 0 Å². The molecule has 1 aromatic carbocycles. The lowest BCUT2D eigenvalue weighted by Gasteiger charge is -2.05. The number of thiophene rings is 1. The topological polar surface area (TPSA) is 29.1 Å². The molecule has 0 spiro atoms. The number of rotatable bonds is 2. The molecule has 0 aliphatic heterocycles. The van der Waals surface area contributed by atoms with Gasteiger partial charge in [-0.25, -0.2) is 4.39 Å². The van der Waals surface area contributed by atoms with Gasteiger partial charge < -0.3 is 5.32 Å². The van der Waals surface area contributed by atoms with E-state index in [1.54, 1.807) is 22.9 Å². The zero-order chi connectivity index (χ0) is 11.5.